The van der Waals surface area contributed by atoms with Crippen LogP contribution < -0.4 is 14.8 Å². The maximum atomic E-state index is 5.46. The van der Waals surface area contributed by atoms with Crippen molar-refractivity contribution >= 4 is 21.6 Å². The minimum Gasteiger partial charge on any atom is -0.497 e. The lowest BCUT2D eigenvalue weighted by atomic mass is 10.1. The van der Waals surface area contributed by atoms with E-state index >= 15 is 0 Å². The molecule has 1 N–H and O–H groups in total. The van der Waals surface area contributed by atoms with E-state index < -0.39 is 0 Å². The van der Waals surface area contributed by atoms with E-state index in [1.54, 1.807) is 14.2 Å². The second-order valence-electron chi connectivity index (χ2n) is 4.94. The van der Waals surface area contributed by atoms with Crippen molar-refractivity contribution in [3.8, 4) is 11.5 Å². The van der Waals surface area contributed by atoms with Gasteiger partial charge in [0.05, 0.1) is 20.3 Å². The molecule has 3 nitrogen and oxygen atoms in total. The van der Waals surface area contributed by atoms with E-state index in [9.17, 15) is 0 Å². The Bertz CT molecular complexity index is 628. The first-order valence-corrected chi connectivity index (χ1v) is 7.59. The lowest BCUT2D eigenvalue weighted by Gasteiger charge is -2.19. The first-order valence-electron chi connectivity index (χ1n) is 6.79. The molecule has 21 heavy (non-hydrogen) atoms. The molecule has 112 valence electrons. The van der Waals surface area contributed by atoms with E-state index in [0.717, 1.165) is 27.2 Å². The summed E-state index contributed by atoms with van der Waals surface area (Å²) in [6, 6.07) is 12.2. The summed E-state index contributed by atoms with van der Waals surface area (Å²) in [5.74, 6) is 1.62. The quantitative estimate of drug-likeness (QED) is 0.828. The SMILES string of the molecule is COc1ccc(C(C)Nc2ccc(Br)c(C)c2)c(OC)c1. The van der Waals surface area contributed by atoms with Gasteiger partial charge in [0.1, 0.15) is 11.5 Å². The smallest absolute Gasteiger partial charge is 0.127 e. The maximum absolute atomic E-state index is 5.46. The number of nitrogens with one attached hydrogen (secondary N) is 1. The van der Waals surface area contributed by atoms with Crippen molar-refractivity contribution in [2.45, 2.75) is 19.9 Å². The van der Waals surface area contributed by atoms with Gasteiger partial charge in [0.25, 0.3) is 0 Å². The van der Waals surface area contributed by atoms with Crippen molar-refractivity contribution in [1.29, 1.82) is 0 Å². The minimum atomic E-state index is 0.131. The monoisotopic (exact) mass is 349 g/mol. The van der Waals surface area contributed by atoms with Crippen molar-refractivity contribution in [3.05, 3.63) is 52.0 Å². The summed E-state index contributed by atoms with van der Waals surface area (Å²) in [5.41, 5.74) is 3.38. The summed E-state index contributed by atoms with van der Waals surface area (Å²) >= 11 is 3.52. The molecule has 2 aromatic rings. The Hall–Kier alpha value is -1.68. The number of aryl methyl sites for hydroxylation is 1. The van der Waals surface area contributed by atoms with Gasteiger partial charge in [-0.3, -0.25) is 0 Å². The molecule has 1 atom stereocenters. The second-order valence-corrected chi connectivity index (χ2v) is 5.79. The number of anilines is 1. The van der Waals surface area contributed by atoms with Crippen molar-refractivity contribution < 1.29 is 9.47 Å². The number of rotatable bonds is 5. The zero-order valence-corrected chi connectivity index (χ0v) is 14.3. The summed E-state index contributed by atoms with van der Waals surface area (Å²) in [4.78, 5) is 0. The van der Waals surface area contributed by atoms with Crippen LogP contribution >= 0.6 is 15.9 Å². The first kappa shape index (κ1) is 15.7. The molecule has 0 saturated carbocycles. The van der Waals surface area contributed by atoms with Gasteiger partial charge in [-0.1, -0.05) is 15.9 Å². The van der Waals surface area contributed by atoms with Crippen LogP contribution in [-0.4, -0.2) is 14.2 Å². The van der Waals surface area contributed by atoms with Gasteiger partial charge in [-0.25, -0.2) is 0 Å². The van der Waals surface area contributed by atoms with Crippen LogP contribution in [0.5, 0.6) is 11.5 Å². The fourth-order valence-corrected chi connectivity index (χ4v) is 2.49. The third-order valence-electron chi connectivity index (χ3n) is 3.45. The average Bonchev–Trinajstić information content (AvgIpc) is 2.50. The van der Waals surface area contributed by atoms with Crippen molar-refractivity contribution in [2.24, 2.45) is 0 Å². The Morgan fingerprint density at radius 3 is 2.43 bits per heavy atom. The van der Waals surface area contributed by atoms with Crippen LogP contribution in [0.2, 0.25) is 0 Å². The first-order chi connectivity index (χ1) is 10.0. The minimum absolute atomic E-state index is 0.131. The molecule has 0 fully saturated rings. The van der Waals surface area contributed by atoms with E-state index in [2.05, 4.69) is 53.3 Å². The largest absolute Gasteiger partial charge is 0.497 e. The summed E-state index contributed by atoms with van der Waals surface area (Å²) in [6.45, 7) is 4.19. The van der Waals surface area contributed by atoms with Gasteiger partial charge in [0.2, 0.25) is 0 Å². The van der Waals surface area contributed by atoms with Gasteiger partial charge in [-0.15, -0.1) is 0 Å². The van der Waals surface area contributed by atoms with Gasteiger partial charge in [0.15, 0.2) is 0 Å². The third-order valence-corrected chi connectivity index (χ3v) is 4.34. The van der Waals surface area contributed by atoms with Crippen molar-refractivity contribution in [1.82, 2.24) is 0 Å². The molecule has 4 heteroatoms. The highest BCUT2D eigenvalue weighted by Crippen LogP contribution is 2.31. The van der Waals surface area contributed by atoms with Crippen LogP contribution in [0.4, 0.5) is 5.69 Å². The van der Waals surface area contributed by atoms with Gasteiger partial charge in [-0.05, 0) is 49.7 Å². The van der Waals surface area contributed by atoms with E-state index in [0.29, 0.717) is 0 Å². The molecule has 0 heterocycles. The highest BCUT2D eigenvalue weighted by molar-refractivity contribution is 9.10. The number of benzene rings is 2. The Morgan fingerprint density at radius 1 is 1.05 bits per heavy atom. The van der Waals surface area contributed by atoms with E-state index in [-0.39, 0.29) is 6.04 Å². The summed E-state index contributed by atoms with van der Waals surface area (Å²) in [7, 11) is 3.33. The highest BCUT2D eigenvalue weighted by atomic mass is 79.9. The topological polar surface area (TPSA) is 30.5 Å². The molecule has 0 aliphatic rings. The highest BCUT2D eigenvalue weighted by Gasteiger charge is 2.12. The molecular formula is C17H20BrNO2. The Labute approximate surface area is 134 Å². The Kier molecular flexibility index (Phi) is 5.12. The molecule has 0 radical (unpaired) electrons. The second kappa shape index (κ2) is 6.85. The number of methoxy groups -OCH3 is 2. The molecule has 0 aromatic heterocycles. The molecule has 0 aliphatic heterocycles. The Balaban J connectivity index is 2.23. The van der Waals surface area contributed by atoms with E-state index in [4.69, 9.17) is 9.47 Å². The molecule has 0 spiro atoms. The van der Waals surface area contributed by atoms with Crippen LogP contribution in [0.3, 0.4) is 0 Å². The van der Waals surface area contributed by atoms with Crippen molar-refractivity contribution in [3.63, 3.8) is 0 Å². The van der Waals surface area contributed by atoms with Crippen LogP contribution in [0.15, 0.2) is 40.9 Å². The van der Waals surface area contributed by atoms with Crippen LogP contribution in [0.25, 0.3) is 0 Å². The van der Waals surface area contributed by atoms with Crippen molar-refractivity contribution in [2.75, 3.05) is 19.5 Å². The van der Waals surface area contributed by atoms with Gasteiger partial charge in [0, 0.05) is 21.8 Å². The normalized spacial score (nSPS) is 11.9. The zero-order valence-electron chi connectivity index (χ0n) is 12.7. The summed E-state index contributed by atoms with van der Waals surface area (Å²) < 4.78 is 11.8. The van der Waals surface area contributed by atoms with E-state index in [1.165, 1.54) is 5.56 Å². The van der Waals surface area contributed by atoms with Gasteiger partial charge >= 0.3 is 0 Å². The molecular weight excluding hydrogens is 330 g/mol. The van der Waals surface area contributed by atoms with Crippen LogP contribution in [-0.2, 0) is 0 Å². The molecule has 0 saturated heterocycles. The molecule has 0 aliphatic carbocycles. The van der Waals surface area contributed by atoms with Crippen LogP contribution in [0, 0.1) is 6.92 Å². The lowest BCUT2D eigenvalue weighted by molar-refractivity contribution is 0.390. The predicted molar refractivity (Wildman–Crippen MR) is 90.5 cm³/mol. The number of hydrogen-bond acceptors (Lipinski definition) is 3. The lowest BCUT2D eigenvalue weighted by Crippen LogP contribution is -2.08. The fraction of sp³-hybridized carbons (Fsp3) is 0.294. The van der Waals surface area contributed by atoms with E-state index in [1.807, 2.05) is 18.2 Å². The number of hydrogen-bond donors (Lipinski definition) is 1. The fourth-order valence-electron chi connectivity index (χ4n) is 2.24. The molecule has 2 rings (SSSR count). The third kappa shape index (κ3) is 3.70. The van der Waals surface area contributed by atoms with Gasteiger partial charge in [-0.2, -0.15) is 0 Å². The predicted octanol–water partition coefficient (Wildman–Crippen LogP) is 4.95. The average molecular weight is 350 g/mol. The standard InChI is InChI=1S/C17H20BrNO2/c1-11-9-13(5-8-16(11)18)19-12(2)15-7-6-14(20-3)10-17(15)21-4/h5-10,12,19H,1-4H3. The number of ether oxygens (including phenoxy) is 2. The number of halogens is 1. The van der Waals surface area contributed by atoms with Gasteiger partial charge < -0.3 is 14.8 Å². The molecule has 0 bridgehead atoms. The molecule has 1 unspecified atom stereocenters. The molecule has 2 aromatic carbocycles. The summed E-state index contributed by atoms with van der Waals surface area (Å²) in [6.07, 6.45) is 0. The maximum Gasteiger partial charge on any atom is 0.127 e. The summed E-state index contributed by atoms with van der Waals surface area (Å²) in [5, 5.41) is 3.50. The molecule has 0 amide bonds. The van der Waals surface area contributed by atoms with Crippen LogP contribution in [0.1, 0.15) is 24.1 Å². The Morgan fingerprint density at radius 2 is 1.81 bits per heavy atom. The zero-order chi connectivity index (χ0) is 15.4.